The average Bonchev–Trinajstić information content (AvgIpc) is 2.88. The van der Waals surface area contributed by atoms with Gasteiger partial charge in [0.2, 0.25) is 0 Å². The van der Waals surface area contributed by atoms with Gasteiger partial charge in [-0.25, -0.2) is 14.4 Å². The van der Waals surface area contributed by atoms with Gasteiger partial charge in [0.15, 0.2) is 0 Å². The predicted octanol–water partition coefficient (Wildman–Crippen LogP) is 5.71. The van der Waals surface area contributed by atoms with E-state index in [4.69, 9.17) is 18.9 Å². The van der Waals surface area contributed by atoms with E-state index in [0.29, 0.717) is 35.8 Å². The van der Waals surface area contributed by atoms with Crippen molar-refractivity contribution in [3.63, 3.8) is 0 Å². The summed E-state index contributed by atoms with van der Waals surface area (Å²) in [5.74, 6) is -0.232. The summed E-state index contributed by atoms with van der Waals surface area (Å²) >= 11 is 0. The highest BCUT2D eigenvalue weighted by molar-refractivity contribution is 5.91. The summed E-state index contributed by atoms with van der Waals surface area (Å²) in [6.07, 6.45) is 8.00. The molecule has 0 saturated heterocycles. The fourth-order valence-corrected chi connectivity index (χ4v) is 2.89. The van der Waals surface area contributed by atoms with Gasteiger partial charge in [0, 0.05) is 11.6 Å². The van der Waals surface area contributed by atoms with Crippen molar-refractivity contribution in [3.8, 4) is 11.5 Å². The van der Waals surface area contributed by atoms with Crippen LogP contribution in [0, 0.1) is 0 Å². The second-order valence-corrected chi connectivity index (χ2v) is 7.91. The molecule has 0 radical (unpaired) electrons. The van der Waals surface area contributed by atoms with E-state index in [0.717, 1.165) is 31.2 Å². The Balaban J connectivity index is 1.68. The van der Waals surface area contributed by atoms with Crippen molar-refractivity contribution in [1.29, 1.82) is 0 Å². The van der Waals surface area contributed by atoms with Crippen molar-refractivity contribution < 1.29 is 33.3 Å². The SMILES string of the molecule is C=CCOC(=O)/C=C/c1ccc(OC(=O)c2ccc(OCCCCCCOC(=O)C(=C)C)cc2)cc1. The molecule has 7 heteroatoms. The van der Waals surface area contributed by atoms with E-state index in [2.05, 4.69) is 13.2 Å². The zero-order chi connectivity index (χ0) is 26.2. The molecule has 2 aromatic carbocycles. The standard InChI is InChI=1S/C29H32O7/c1-4-19-34-27(30)18-11-23-9-14-26(15-10-23)36-29(32)24-12-16-25(17-13-24)33-20-7-5-6-8-21-35-28(31)22(2)3/h4,9-18H,1-2,5-8,19-21H2,3H3/b18-11+. The van der Waals surface area contributed by atoms with Gasteiger partial charge < -0.3 is 18.9 Å². The van der Waals surface area contributed by atoms with Crippen LogP contribution in [0.3, 0.4) is 0 Å². The highest BCUT2D eigenvalue weighted by Crippen LogP contribution is 2.18. The molecule has 0 aliphatic rings. The largest absolute Gasteiger partial charge is 0.494 e. The number of benzene rings is 2. The number of esters is 3. The third kappa shape index (κ3) is 10.9. The number of unbranched alkanes of at least 4 members (excludes halogenated alkanes) is 3. The first kappa shape index (κ1) is 28.1. The second-order valence-electron chi connectivity index (χ2n) is 7.91. The zero-order valence-corrected chi connectivity index (χ0v) is 20.6. The Labute approximate surface area is 212 Å². The lowest BCUT2D eigenvalue weighted by atomic mass is 10.2. The molecule has 0 aliphatic carbocycles. The maximum atomic E-state index is 12.4. The summed E-state index contributed by atoms with van der Waals surface area (Å²) in [6, 6.07) is 13.5. The lowest BCUT2D eigenvalue weighted by Gasteiger charge is -2.08. The Bertz CT molecular complexity index is 1050. The molecule has 2 aromatic rings. The molecule has 0 N–H and O–H groups in total. The minimum Gasteiger partial charge on any atom is -0.494 e. The monoisotopic (exact) mass is 492 g/mol. The van der Waals surface area contributed by atoms with Crippen molar-refractivity contribution in [1.82, 2.24) is 0 Å². The van der Waals surface area contributed by atoms with Crippen LogP contribution in [0.5, 0.6) is 11.5 Å². The maximum Gasteiger partial charge on any atom is 0.343 e. The summed E-state index contributed by atoms with van der Waals surface area (Å²) in [5.41, 5.74) is 1.57. The Hall–Kier alpha value is -4.13. The molecule has 0 aromatic heterocycles. The van der Waals surface area contributed by atoms with E-state index in [1.54, 1.807) is 61.5 Å². The summed E-state index contributed by atoms with van der Waals surface area (Å²) in [6.45, 7) is 9.77. The van der Waals surface area contributed by atoms with Crippen molar-refractivity contribution in [2.75, 3.05) is 19.8 Å². The molecular weight excluding hydrogens is 460 g/mol. The van der Waals surface area contributed by atoms with E-state index < -0.39 is 11.9 Å². The molecule has 0 bridgehead atoms. The van der Waals surface area contributed by atoms with E-state index in [9.17, 15) is 14.4 Å². The topological polar surface area (TPSA) is 88.1 Å². The van der Waals surface area contributed by atoms with Gasteiger partial charge in [0.1, 0.15) is 18.1 Å². The molecule has 0 heterocycles. The van der Waals surface area contributed by atoms with Crippen LogP contribution in [0.1, 0.15) is 48.5 Å². The fourth-order valence-electron chi connectivity index (χ4n) is 2.89. The summed E-state index contributed by atoms with van der Waals surface area (Å²) < 4.78 is 21.0. The van der Waals surface area contributed by atoms with Crippen LogP contribution in [0.15, 0.2) is 79.4 Å². The van der Waals surface area contributed by atoms with E-state index in [-0.39, 0.29) is 12.6 Å². The number of hydrogen-bond acceptors (Lipinski definition) is 7. The van der Waals surface area contributed by atoms with Gasteiger partial charge in [-0.3, -0.25) is 0 Å². The molecule has 7 nitrogen and oxygen atoms in total. The highest BCUT2D eigenvalue weighted by atomic mass is 16.5. The van der Waals surface area contributed by atoms with E-state index >= 15 is 0 Å². The minimum absolute atomic E-state index is 0.156. The van der Waals surface area contributed by atoms with Crippen LogP contribution in [0.25, 0.3) is 6.08 Å². The van der Waals surface area contributed by atoms with Gasteiger partial charge in [-0.05, 0) is 80.6 Å². The van der Waals surface area contributed by atoms with Gasteiger partial charge in [0.05, 0.1) is 18.8 Å². The lowest BCUT2D eigenvalue weighted by Crippen LogP contribution is -2.08. The van der Waals surface area contributed by atoms with Crippen molar-refractivity contribution in [3.05, 3.63) is 90.5 Å². The van der Waals surface area contributed by atoms with Gasteiger partial charge in [0.25, 0.3) is 0 Å². The Kier molecular flexibility index (Phi) is 12.3. The summed E-state index contributed by atoms with van der Waals surface area (Å²) in [7, 11) is 0. The number of carbonyl (C=O) groups excluding carboxylic acids is 3. The zero-order valence-electron chi connectivity index (χ0n) is 20.6. The van der Waals surface area contributed by atoms with Gasteiger partial charge in [-0.1, -0.05) is 31.4 Å². The number of rotatable bonds is 15. The van der Waals surface area contributed by atoms with Gasteiger partial charge in [-0.15, -0.1) is 0 Å². The van der Waals surface area contributed by atoms with Crippen LogP contribution < -0.4 is 9.47 Å². The molecule has 0 amide bonds. The van der Waals surface area contributed by atoms with Crippen molar-refractivity contribution >= 4 is 24.0 Å². The third-order valence-corrected chi connectivity index (χ3v) is 4.82. The maximum absolute atomic E-state index is 12.4. The molecular formula is C29H32O7. The number of ether oxygens (including phenoxy) is 4. The van der Waals surface area contributed by atoms with Crippen LogP contribution >= 0.6 is 0 Å². The Morgan fingerprint density at radius 1 is 0.833 bits per heavy atom. The molecule has 0 spiro atoms. The summed E-state index contributed by atoms with van der Waals surface area (Å²) in [5, 5.41) is 0. The van der Waals surface area contributed by atoms with E-state index in [1.165, 1.54) is 12.2 Å². The second kappa shape index (κ2) is 15.7. The smallest absolute Gasteiger partial charge is 0.343 e. The number of hydrogen-bond donors (Lipinski definition) is 0. The predicted molar refractivity (Wildman–Crippen MR) is 138 cm³/mol. The minimum atomic E-state index is -0.481. The van der Waals surface area contributed by atoms with Crippen LogP contribution in [-0.4, -0.2) is 37.7 Å². The lowest BCUT2D eigenvalue weighted by molar-refractivity contribution is -0.139. The Morgan fingerprint density at radius 2 is 1.47 bits per heavy atom. The molecule has 190 valence electrons. The van der Waals surface area contributed by atoms with Crippen LogP contribution in [-0.2, 0) is 19.1 Å². The fraction of sp³-hybridized carbons (Fsp3) is 0.276. The normalized spacial score (nSPS) is 10.5. The summed E-state index contributed by atoms with van der Waals surface area (Å²) in [4.78, 5) is 35.2. The molecule has 0 aliphatic heterocycles. The highest BCUT2D eigenvalue weighted by Gasteiger charge is 2.09. The molecule has 2 rings (SSSR count). The van der Waals surface area contributed by atoms with Crippen molar-refractivity contribution in [2.45, 2.75) is 32.6 Å². The first-order chi connectivity index (χ1) is 17.4. The first-order valence-electron chi connectivity index (χ1n) is 11.7. The molecule has 0 atom stereocenters. The van der Waals surface area contributed by atoms with E-state index in [1.807, 2.05) is 0 Å². The van der Waals surface area contributed by atoms with Crippen molar-refractivity contribution in [2.24, 2.45) is 0 Å². The Morgan fingerprint density at radius 3 is 2.11 bits per heavy atom. The average molecular weight is 493 g/mol. The first-order valence-corrected chi connectivity index (χ1v) is 11.7. The van der Waals surface area contributed by atoms with Gasteiger partial charge >= 0.3 is 17.9 Å². The van der Waals surface area contributed by atoms with Gasteiger partial charge in [-0.2, -0.15) is 0 Å². The third-order valence-electron chi connectivity index (χ3n) is 4.82. The molecule has 0 unspecified atom stereocenters. The van der Waals surface area contributed by atoms with Crippen LogP contribution in [0.4, 0.5) is 0 Å². The molecule has 0 fully saturated rings. The van der Waals surface area contributed by atoms with Crippen LogP contribution in [0.2, 0.25) is 0 Å². The quantitative estimate of drug-likeness (QED) is 0.103. The molecule has 36 heavy (non-hydrogen) atoms. The molecule has 0 saturated carbocycles. The number of carbonyl (C=O) groups is 3.